The first-order valence-corrected chi connectivity index (χ1v) is 9.20. The molecule has 144 valence electrons. The molecule has 3 aromatic rings. The van der Waals surface area contributed by atoms with Gasteiger partial charge in [0, 0.05) is 17.3 Å². The third-order valence-electron chi connectivity index (χ3n) is 3.71. The van der Waals surface area contributed by atoms with E-state index < -0.39 is 17.6 Å². The van der Waals surface area contributed by atoms with Crippen LogP contribution in [0.1, 0.15) is 26.4 Å². The Hall–Kier alpha value is -2.49. The molecule has 0 unspecified atom stereocenters. The molecule has 0 aliphatic carbocycles. The van der Waals surface area contributed by atoms with E-state index in [1.165, 1.54) is 18.3 Å². The van der Waals surface area contributed by atoms with Crippen LogP contribution in [-0.2, 0) is 0 Å². The van der Waals surface area contributed by atoms with Crippen LogP contribution in [0.25, 0.3) is 5.82 Å². The number of nitrogens with zero attached hydrogens (tertiary/aromatic N) is 3. The van der Waals surface area contributed by atoms with E-state index >= 15 is 0 Å². The minimum atomic E-state index is -0.766. The Morgan fingerprint density at radius 1 is 1.21 bits per heavy atom. The quantitative estimate of drug-likeness (QED) is 0.578. The number of hydrogen-bond donors (Lipinski definition) is 2. The number of nitrogens with two attached hydrogens (primary N) is 1. The van der Waals surface area contributed by atoms with Crippen molar-refractivity contribution in [1.29, 1.82) is 0 Å². The normalized spacial score (nSPS) is 10.8. The number of nitrogens with one attached hydrogen (secondary N) is 1. The van der Waals surface area contributed by atoms with E-state index in [9.17, 15) is 14.0 Å². The molecular formula is C17H11BrCl2FN5O2. The smallest absolute Gasteiger partial charge is 0.274 e. The molecule has 3 rings (SSSR count). The van der Waals surface area contributed by atoms with Crippen LogP contribution in [0.3, 0.4) is 0 Å². The molecule has 2 amide bonds. The number of hydrogen-bond acceptors (Lipinski definition) is 4. The van der Waals surface area contributed by atoms with Crippen molar-refractivity contribution < 1.29 is 14.0 Å². The van der Waals surface area contributed by atoms with E-state index in [-0.39, 0.29) is 32.4 Å². The molecule has 3 N–H and O–H groups in total. The van der Waals surface area contributed by atoms with Gasteiger partial charge in [0.2, 0.25) is 0 Å². The fourth-order valence-corrected chi connectivity index (χ4v) is 3.31. The zero-order chi connectivity index (χ0) is 20.6. The molecule has 0 aliphatic heterocycles. The Morgan fingerprint density at radius 2 is 1.93 bits per heavy atom. The lowest BCUT2D eigenvalue weighted by Crippen LogP contribution is -2.22. The van der Waals surface area contributed by atoms with Gasteiger partial charge in [-0.25, -0.2) is 14.1 Å². The van der Waals surface area contributed by atoms with E-state index in [1.807, 2.05) is 0 Å². The fourth-order valence-electron chi connectivity index (χ4n) is 2.52. The molecule has 0 saturated heterocycles. The predicted molar refractivity (Wildman–Crippen MR) is 107 cm³/mol. The molecule has 0 spiro atoms. The standard InChI is InChI=1S/C17H11BrCl2FN5O2/c1-7-2-8(19)3-10(15(22)27)14(7)24-17(28)12-5-13(18)25-26(12)16-11(21)4-9(20)6-23-16/h2-6H,1H3,(H2,22,27)(H,24,28). The van der Waals surface area contributed by atoms with Gasteiger partial charge in [0.15, 0.2) is 11.6 Å². The Morgan fingerprint density at radius 3 is 2.57 bits per heavy atom. The predicted octanol–water partition coefficient (Wildman–Crippen LogP) is 4.14. The Bertz CT molecular complexity index is 1120. The Balaban J connectivity index is 2.05. The number of benzene rings is 1. The largest absolute Gasteiger partial charge is 0.366 e. The van der Waals surface area contributed by atoms with E-state index in [1.54, 1.807) is 13.0 Å². The molecule has 11 heteroatoms. The van der Waals surface area contributed by atoms with Gasteiger partial charge in [-0.15, -0.1) is 0 Å². The van der Waals surface area contributed by atoms with E-state index in [0.717, 1.165) is 10.7 Å². The first-order valence-electron chi connectivity index (χ1n) is 7.65. The molecule has 7 nitrogen and oxygen atoms in total. The zero-order valence-electron chi connectivity index (χ0n) is 14.1. The van der Waals surface area contributed by atoms with Crippen LogP contribution in [0, 0.1) is 12.7 Å². The molecule has 1 aromatic carbocycles. The van der Waals surface area contributed by atoms with Crippen LogP contribution in [0.5, 0.6) is 0 Å². The average molecular weight is 487 g/mol. The summed E-state index contributed by atoms with van der Waals surface area (Å²) in [4.78, 5) is 28.5. The lowest BCUT2D eigenvalue weighted by molar-refractivity contribution is 0.100. The van der Waals surface area contributed by atoms with Gasteiger partial charge in [-0.05, 0) is 46.6 Å². The topological polar surface area (TPSA) is 103 Å². The van der Waals surface area contributed by atoms with Gasteiger partial charge in [-0.2, -0.15) is 5.10 Å². The summed E-state index contributed by atoms with van der Waals surface area (Å²) in [5.74, 6) is -2.41. The summed E-state index contributed by atoms with van der Waals surface area (Å²) in [6, 6.07) is 5.34. The second kappa shape index (κ2) is 7.86. The minimum Gasteiger partial charge on any atom is -0.366 e. The summed E-state index contributed by atoms with van der Waals surface area (Å²) in [5.41, 5.74) is 6.10. The van der Waals surface area contributed by atoms with Crippen molar-refractivity contribution in [3.05, 3.63) is 67.7 Å². The lowest BCUT2D eigenvalue weighted by atomic mass is 10.1. The van der Waals surface area contributed by atoms with Crippen molar-refractivity contribution in [2.45, 2.75) is 6.92 Å². The van der Waals surface area contributed by atoms with Crippen LogP contribution < -0.4 is 11.1 Å². The SMILES string of the molecule is Cc1cc(Cl)cc(C(N)=O)c1NC(=O)c1cc(Br)nn1-c1ncc(Cl)cc1F. The van der Waals surface area contributed by atoms with Gasteiger partial charge in [0.05, 0.1) is 16.3 Å². The van der Waals surface area contributed by atoms with Crippen LogP contribution >= 0.6 is 39.1 Å². The number of halogens is 4. The van der Waals surface area contributed by atoms with Crippen LogP contribution in [0.2, 0.25) is 10.0 Å². The van der Waals surface area contributed by atoms with E-state index in [2.05, 4.69) is 31.3 Å². The maximum atomic E-state index is 14.3. The first-order chi connectivity index (χ1) is 13.2. The number of aromatic nitrogens is 3. The van der Waals surface area contributed by atoms with Gasteiger partial charge >= 0.3 is 0 Å². The molecular weight excluding hydrogens is 476 g/mol. The van der Waals surface area contributed by atoms with Gasteiger partial charge in [0.25, 0.3) is 11.8 Å². The van der Waals surface area contributed by atoms with Crippen molar-refractivity contribution in [1.82, 2.24) is 14.8 Å². The third kappa shape index (κ3) is 4.01. The molecule has 2 aromatic heterocycles. The number of amides is 2. The number of aryl methyl sites for hydroxylation is 1. The highest BCUT2D eigenvalue weighted by Gasteiger charge is 2.22. The molecule has 0 atom stereocenters. The highest BCUT2D eigenvalue weighted by Crippen LogP contribution is 2.27. The number of rotatable bonds is 4. The van der Waals surface area contributed by atoms with Crippen molar-refractivity contribution in [2.75, 3.05) is 5.32 Å². The highest BCUT2D eigenvalue weighted by atomic mass is 79.9. The summed E-state index contributed by atoms with van der Waals surface area (Å²) in [7, 11) is 0. The monoisotopic (exact) mass is 485 g/mol. The van der Waals surface area contributed by atoms with Crippen molar-refractivity contribution in [3.8, 4) is 5.82 Å². The van der Waals surface area contributed by atoms with Gasteiger partial charge < -0.3 is 11.1 Å². The molecule has 28 heavy (non-hydrogen) atoms. The Kier molecular flexibility index (Phi) is 5.69. The molecule has 2 heterocycles. The average Bonchev–Trinajstić information content (AvgIpc) is 2.98. The second-order valence-corrected chi connectivity index (χ2v) is 7.37. The van der Waals surface area contributed by atoms with Crippen molar-refractivity contribution in [3.63, 3.8) is 0 Å². The van der Waals surface area contributed by atoms with Crippen LogP contribution in [-0.4, -0.2) is 26.6 Å². The third-order valence-corrected chi connectivity index (χ3v) is 4.52. The van der Waals surface area contributed by atoms with Gasteiger partial charge in [-0.3, -0.25) is 9.59 Å². The second-order valence-electron chi connectivity index (χ2n) is 5.69. The summed E-state index contributed by atoms with van der Waals surface area (Å²) in [6.45, 7) is 1.65. The molecule has 0 saturated carbocycles. The first kappa shape index (κ1) is 20.2. The summed E-state index contributed by atoms with van der Waals surface area (Å²) < 4.78 is 15.6. The zero-order valence-corrected chi connectivity index (χ0v) is 17.2. The van der Waals surface area contributed by atoms with Crippen molar-refractivity contribution in [2.24, 2.45) is 5.73 Å². The number of anilines is 1. The maximum Gasteiger partial charge on any atom is 0.274 e. The Labute approximate surface area is 176 Å². The maximum absolute atomic E-state index is 14.3. The minimum absolute atomic E-state index is 0.0367. The number of carbonyl (C=O) groups excluding carboxylic acids is 2. The summed E-state index contributed by atoms with van der Waals surface area (Å²) >= 11 is 14.8. The number of pyridine rings is 1. The number of carbonyl (C=O) groups is 2. The summed E-state index contributed by atoms with van der Waals surface area (Å²) in [6.07, 6.45) is 1.23. The van der Waals surface area contributed by atoms with Gasteiger partial charge in [0.1, 0.15) is 10.3 Å². The molecule has 0 radical (unpaired) electrons. The fraction of sp³-hybridized carbons (Fsp3) is 0.0588. The van der Waals surface area contributed by atoms with Gasteiger partial charge in [-0.1, -0.05) is 23.2 Å². The lowest BCUT2D eigenvalue weighted by Gasteiger charge is -2.13. The number of primary amides is 1. The van der Waals surface area contributed by atoms with Crippen LogP contribution in [0.15, 0.2) is 35.1 Å². The highest BCUT2D eigenvalue weighted by molar-refractivity contribution is 9.10. The van der Waals surface area contributed by atoms with E-state index in [0.29, 0.717) is 10.6 Å². The van der Waals surface area contributed by atoms with Crippen molar-refractivity contribution >= 4 is 56.6 Å². The molecule has 0 aliphatic rings. The molecule has 0 bridgehead atoms. The summed E-state index contributed by atoms with van der Waals surface area (Å²) in [5, 5.41) is 7.04. The van der Waals surface area contributed by atoms with E-state index in [4.69, 9.17) is 28.9 Å². The van der Waals surface area contributed by atoms with Crippen LogP contribution in [0.4, 0.5) is 10.1 Å². The molecule has 0 fully saturated rings.